The number of rotatable bonds is 3. The largest absolute Gasteiger partial charge is 0.370 e. The maximum absolute atomic E-state index is 6.33. The van der Waals surface area contributed by atoms with Crippen LogP contribution in [-0.4, -0.2) is 53.1 Å². The topological polar surface area (TPSA) is 33.5 Å². The highest BCUT2D eigenvalue weighted by Crippen LogP contribution is 2.32. The molecule has 1 atom stereocenters. The highest BCUT2D eigenvalue weighted by molar-refractivity contribution is 5.47. The lowest BCUT2D eigenvalue weighted by atomic mass is 9.90. The molecule has 0 unspecified atom stereocenters. The summed E-state index contributed by atoms with van der Waals surface area (Å²) in [4.78, 5) is 5.01. The van der Waals surface area contributed by atoms with E-state index in [1.807, 2.05) is 17.9 Å². The summed E-state index contributed by atoms with van der Waals surface area (Å²) < 4.78 is 8.21. The van der Waals surface area contributed by atoms with Crippen molar-refractivity contribution in [2.24, 2.45) is 7.05 Å². The number of morpholine rings is 1. The zero-order valence-electron chi connectivity index (χ0n) is 14.4. The molecule has 4 rings (SSSR count). The number of nitrogens with zero attached hydrogens (tertiary/aromatic N) is 4. The molecule has 0 aliphatic carbocycles. The average molecular weight is 326 g/mol. The highest BCUT2D eigenvalue weighted by atomic mass is 16.5. The zero-order valence-corrected chi connectivity index (χ0v) is 14.4. The molecule has 1 aromatic heterocycles. The number of hydrogen-bond donors (Lipinski definition) is 0. The van der Waals surface area contributed by atoms with Crippen molar-refractivity contribution in [1.29, 1.82) is 0 Å². The highest BCUT2D eigenvalue weighted by Gasteiger charge is 2.40. The van der Waals surface area contributed by atoms with Gasteiger partial charge in [0.1, 0.15) is 0 Å². The van der Waals surface area contributed by atoms with Gasteiger partial charge in [-0.15, -0.1) is 0 Å². The number of aromatic nitrogens is 2. The van der Waals surface area contributed by atoms with Crippen LogP contribution in [0.25, 0.3) is 0 Å². The van der Waals surface area contributed by atoms with Gasteiger partial charge in [0.25, 0.3) is 0 Å². The van der Waals surface area contributed by atoms with Crippen LogP contribution in [0.4, 0.5) is 5.69 Å². The summed E-state index contributed by atoms with van der Waals surface area (Å²) in [5.74, 6) is 0. The first-order valence-corrected chi connectivity index (χ1v) is 8.86. The third-order valence-electron chi connectivity index (χ3n) is 5.15. The Hall–Kier alpha value is -1.85. The van der Waals surface area contributed by atoms with E-state index in [1.54, 1.807) is 0 Å². The predicted octanol–water partition coefficient (Wildman–Crippen LogP) is 2.29. The number of piperidine rings is 1. The Bertz CT molecular complexity index is 667. The van der Waals surface area contributed by atoms with Crippen molar-refractivity contribution < 1.29 is 4.74 Å². The summed E-state index contributed by atoms with van der Waals surface area (Å²) in [5, 5.41) is 4.29. The Labute approximate surface area is 143 Å². The van der Waals surface area contributed by atoms with Crippen LogP contribution in [0.5, 0.6) is 0 Å². The number of aryl methyl sites for hydroxylation is 1. The fraction of sp³-hybridized carbons (Fsp3) is 0.526. The van der Waals surface area contributed by atoms with Crippen LogP contribution < -0.4 is 4.90 Å². The van der Waals surface area contributed by atoms with E-state index in [2.05, 4.69) is 51.4 Å². The van der Waals surface area contributed by atoms with Crippen LogP contribution in [0, 0.1) is 0 Å². The standard InChI is InChI=1S/C19H26N4O/c1-21-13-17(12-20-21)14-22-10-11-24-19(15-22)8-5-9-23(16-19)18-6-3-2-4-7-18/h2-4,6-7,12-13H,5,8-11,14-16H2,1H3/t19-/m0/s1. The second-order valence-electron chi connectivity index (χ2n) is 7.13. The Kier molecular flexibility index (Phi) is 4.29. The normalized spacial score (nSPS) is 25.3. The third kappa shape index (κ3) is 3.32. The molecular weight excluding hydrogens is 300 g/mol. The van der Waals surface area contributed by atoms with Crippen LogP contribution in [0.15, 0.2) is 42.7 Å². The van der Waals surface area contributed by atoms with E-state index in [-0.39, 0.29) is 5.60 Å². The van der Waals surface area contributed by atoms with E-state index in [0.29, 0.717) is 0 Å². The van der Waals surface area contributed by atoms with Gasteiger partial charge in [0, 0.05) is 57.2 Å². The lowest BCUT2D eigenvalue weighted by Crippen LogP contribution is -2.59. The van der Waals surface area contributed by atoms with Crippen LogP contribution in [0.1, 0.15) is 18.4 Å². The quantitative estimate of drug-likeness (QED) is 0.867. The van der Waals surface area contributed by atoms with Crippen molar-refractivity contribution in [3.8, 4) is 0 Å². The fourth-order valence-corrected chi connectivity index (χ4v) is 4.07. The first-order chi connectivity index (χ1) is 11.7. The second kappa shape index (κ2) is 6.57. The molecule has 1 aromatic carbocycles. The molecule has 0 saturated carbocycles. The minimum atomic E-state index is -0.0332. The van der Waals surface area contributed by atoms with E-state index >= 15 is 0 Å². The van der Waals surface area contributed by atoms with Crippen molar-refractivity contribution in [3.05, 3.63) is 48.3 Å². The number of hydrogen-bond acceptors (Lipinski definition) is 4. The first kappa shape index (κ1) is 15.7. The van der Waals surface area contributed by atoms with Crippen LogP contribution in [0.3, 0.4) is 0 Å². The summed E-state index contributed by atoms with van der Waals surface area (Å²) in [6.45, 7) is 5.90. The van der Waals surface area contributed by atoms with E-state index in [4.69, 9.17) is 4.74 Å². The Morgan fingerprint density at radius 2 is 2.04 bits per heavy atom. The van der Waals surface area contributed by atoms with E-state index in [1.165, 1.54) is 17.7 Å². The molecule has 128 valence electrons. The van der Waals surface area contributed by atoms with Gasteiger partial charge < -0.3 is 9.64 Å². The van der Waals surface area contributed by atoms with Crippen molar-refractivity contribution in [2.45, 2.75) is 25.0 Å². The summed E-state index contributed by atoms with van der Waals surface area (Å²) in [7, 11) is 1.98. The predicted molar refractivity (Wildman–Crippen MR) is 95.1 cm³/mol. The molecule has 3 heterocycles. The summed E-state index contributed by atoms with van der Waals surface area (Å²) >= 11 is 0. The van der Waals surface area contributed by atoms with Gasteiger partial charge in [0.15, 0.2) is 0 Å². The fourth-order valence-electron chi connectivity index (χ4n) is 4.07. The second-order valence-corrected chi connectivity index (χ2v) is 7.13. The van der Waals surface area contributed by atoms with Crippen LogP contribution in [0.2, 0.25) is 0 Å². The molecule has 1 spiro atoms. The zero-order chi connectivity index (χ0) is 16.4. The molecule has 2 fully saturated rings. The Balaban J connectivity index is 1.45. The molecule has 2 aromatic rings. The summed E-state index contributed by atoms with van der Waals surface area (Å²) in [6, 6.07) is 10.7. The summed E-state index contributed by atoms with van der Waals surface area (Å²) in [6.07, 6.45) is 6.42. The molecule has 5 heteroatoms. The van der Waals surface area contributed by atoms with Crippen molar-refractivity contribution in [2.75, 3.05) is 37.7 Å². The smallest absolute Gasteiger partial charge is 0.0983 e. The number of benzene rings is 1. The van der Waals surface area contributed by atoms with Crippen LogP contribution in [-0.2, 0) is 18.3 Å². The average Bonchev–Trinajstić information content (AvgIpc) is 3.01. The summed E-state index contributed by atoms with van der Waals surface area (Å²) in [5.41, 5.74) is 2.56. The number of anilines is 1. The Morgan fingerprint density at radius 3 is 2.83 bits per heavy atom. The molecular formula is C19H26N4O. The monoisotopic (exact) mass is 326 g/mol. The number of ether oxygens (including phenoxy) is 1. The first-order valence-electron chi connectivity index (χ1n) is 8.86. The molecule has 5 nitrogen and oxygen atoms in total. The molecule has 2 aliphatic heterocycles. The molecule has 2 saturated heterocycles. The van der Waals surface area contributed by atoms with Gasteiger partial charge in [-0.25, -0.2) is 0 Å². The molecule has 0 bridgehead atoms. The van der Waals surface area contributed by atoms with Gasteiger partial charge in [0.05, 0.1) is 18.4 Å². The van der Waals surface area contributed by atoms with E-state index in [0.717, 1.165) is 45.8 Å². The molecule has 24 heavy (non-hydrogen) atoms. The Morgan fingerprint density at radius 1 is 1.17 bits per heavy atom. The third-order valence-corrected chi connectivity index (χ3v) is 5.15. The molecule has 0 N–H and O–H groups in total. The van der Waals surface area contributed by atoms with Crippen molar-refractivity contribution in [3.63, 3.8) is 0 Å². The van der Waals surface area contributed by atoms with Crippen molar-refractivity contribution in [1.82, 2.24) is 14.7 Å². The minimum Gasteiger partial charge on any atom is -0.370 e. The minimum absolute atomic E-state index is 0.0332. The van der Waals surface area contributed by atoms with E-state index < -0.39 is 0 Å². The molecule has 0 radical (unpaired) electrons. The lowest BCUT2D eigenvalue weighted by Gasteiger charge is -2.48. The maximum atomic E-state index is 6.33. The molecule has 2 aliphatic rings. The number of para-hydroxylation sites is 1. The molecule has 0 amide bonds. The van der Waals surface area contributed by atoms with Crippen molar-refractivity contribution >= 4 is 5.69 Å². The van der Waals surface area contributed by atoms with Crippen LogP contribution >= 0.6 is 0 Å². The van der Waals surface area contributed by atoms with E-state index in [9.17, 15) is 0 Å². The van der Waals surface area contributed by atoms with Gasteiger partial charge in [0.2, 0.25) is 0 Å². The lowest BCUT2D eigenvalue weighted by molar-refractivity contribution is -0.116. The van der Waals surface area contributed by atoms with Gasteiger partial charge >= 0.3 is 0 Å². The maximum Gasteiger partial charge on any atom is 0.0983 e. The van der Waals surface area contributed by atoms with Gasteiger partial charge in [-0.2, -0.15) is 5.10 Å². The van der Waals surface area contributed by atoms with Gasteiger partial charge in [-0.3, -0.25) is 9.58 Å². The van der Waals surface area contributed by atoms with Gasteiger partial charge in [-0.1, -0.05) is 18.2 Å². The van der Waals surface area contributed by atoms with Gasteiger partial charge in [-0.05, 0) is 25.0 Å². The SMILES string of the molecule is Cn1cc(CN2CCO[C@@]3(CCCN(c4ccccc4)C3)C2)cn1.